The van der Waals surface area contributed by atoms with Gasteiger partial charge in [0, 0.05) is 13.1 Å². The van der Waals surface area contributed by atoms with Crippen molar-refractivity contribution in [1.29, 1.82) is 0 Å². The molecule has 0 heterocycles. The van der Waals surface area contributed by atoms with E-state index in [1.54, 1.807) is 54.6 Å². The third-order valence-corrected chi connectivity index (χ3v) is 8.26. The molecule has 8 heteroatoms. The van der Waals surface area contributed by atoms with E-state index in [1.165, 1.54) is 4.90 Å². The van der Waals surface area contributed by atoms with Crippen LogP contribution in [0.4, 0.5) is 5.69 Å². The number of para-hydroxylation sites is 1. The summed E-state index contributed by atoms with van der Waals surface area (Å²) in [7, 11) is -4.06. The number of rotatable bonds is 12. The Labute approximate surface area is 226 Å². The van der Waals surface area contributed by atoms with Crippen LogP contribution in [0.25, 0.3) is 0 Å². The molecule has 0 radical (unpaired) electrons. The molecule has 202 valence electrons. The topological polar surface area (TPSA) is 86.8 Å². The van der Waals surface area contributed by atoms with E-state index >= 15 is 0 Å². The van der Waals surface area contributed by atoms with Crippen LogP contribution < -0.4 is 9.62 Å². The Bertz CT molecular complexity index is 1330. The van der Waals surface area contributed by atoms with Crippen LogP contribution in [-0.2, 0) is 26.2 Å². The summed E-state index contributed by atoms with van der Waals surface area (Å²) >= 11 is 0. The van der Waals surface area contributed by atoms with Gasteiger partial charge in [0.15, 0.2) is 0 Å². The molecular weight excluding hydrogens is 498 g/mol. The first-order valence-corrected chi connectivity index (χ1v) is 14.4. The Balaban J connectivity index is 2.03. The zero-order valence-electron chi connectivity index (χ0n) is 22.6. The predicted molar refractivity (Wildman–Crippen MR) is 151 cm³/mol. The summed E-state index contributed by atoms with van der Waals surface area (Å²) in [6.07, 6.45) is 1.16. The molecule has 0 saturated heterocycles. The molecule has 2 amide bonds. The SMILES string of the molecule is CCCNC(=O)[C@@H](CC)N(Cc1ccccc1C)C(=O)CN(c1ccccc1)S(=O)(=O)c1ccc(C)cc1. The highest BCUT2D eigenvalue weighted by Gasteiger charge is 2.33. The highest BCUT2D eigenvalue weighted by atomic mass is 32.2. The van der Waals surface area contributed by atoms with Crippen molar-refractivity contribution >= 4 is 27.5 Å². The maximum atomic E-state index is 14.0. The van der Waals surface area contributed by atoms with Crippen molar-refractivity contribution in [2.45, 2.75) is 58.0 Å². The van der Waals surface area contributed by atoms with Gasteiger partial charge in [-0.25, -0.2) is 8.42 Å². The summed E-state index contributed by atoms with van der Waals surface area (Å²) in [6, 6.07) is 22.1. The second-order valence-electron chi connectivity index (χ2n) is 9.32. The highest BCUT2D eigenvalue weighted by Crippen LogP contribution is 2.25. The highest BCUT2D eigenvalue weighted by molar-refractivity contribution is 7.92. The minimum Gasteiger partial charge on any atom is -0.354 e. The van der Waals surface area contributed by atoms with Gasteiger partial charge in [-0.3, -0.25) is 13.9 Å². The van der Waals surface area contributed by atoms with Crippen molar-refractivity contribution in [2.24, 2.45) is 0 Å². The summed E-state index contributed by atoms with van der Waals surface area (Å²) in [4.78, 5) is 28.7. The molecule has 3 aromatic rings. The number of hydrogen-bond donors (Lipinski definition) is 1. The molecule has 0 saturated carbocycles. The van der Waals surface area contributed by atoms with Gasteiger partial charge in [0.2, 0.25) is 11.8 Å². The Morgan fingerprint density at radius 1 is 0.868 bits per heavy atom. The minimum absolute atomic E-state index is 0.0953. The van der Waals surface area contributed by atoms with Gasteiger partial charge in [-0.05, 0) is 62.1 Å². The molecule has 0 unspecified atom stereocenters. The lowest BCUT2D eigenvalue weighted by molar-refractivity contribution is -0.140. The molecule has 38 heavy (non-hydrogen) atoms. The van der Waals surface area contributed by atoms with Gasteiger partial charge in [0.25, 0.3) is 10.0 Å². The number of carbonyl (C=O) groups is 2. The number of aryl methyl sites for hydroxylation is 2. The predicted octanol–water partition coefficient (Wildman–Crippen LogP) is 4.83. The number of hydrogen-bond acceptors (Lipinski definition) is 4. The summed E-state index contributed by atoms with van der Waals surface area (Å²) in [6.45, 7) is 7.90. The summed E-state index contributed by atoms with van der Waals surface area (Å²) < 4.78 is 28.7. The normalized spacial score (nSPS) is 12.0. The molecule has 0 aliphatic heterocycles. The van der Waals surface area contributed by atoms with Gasteiger partial charge in [-0.15, -0.1) is 0 Å². The Morgan fingerprint density at radius 3 is 2.11 bits per heavy atom. The lowest BCUT2D eigenvalue weighted by atomic mass is 10.1. The van der Waals surface area contributed by atoms with Crippen LogP contribution in [0.1, 0.15) is 43.4 Å². The van der Waals surface area contributed by atoms with Gasteiger partial charge in [-0.1, -0.05) is 74.0 Å². The van der Waals surface area contributed by atoms with Crippen molar-refractivity contribution in [1.82, 2.24) is 10.2 Å². The van der Waals surface area contributed by atoms with Crippen LogP contribution in [0.5, 0.6) is 0 Å². The van der Waals surface area contributed by atoms with Gasteiger partial charge >= 0.3 is 0 Å². The van der Waals surface area contributed by atoms with Crippen LogP contribution in [0, 0.1) is 13.8 Å². The zero-order chi connectivity index (χ0) is 27.7. The smallest absolute Gasteiger partial charge is 0.264 e. The number of anilines is 1. The molecule has 3 aromatic carbocycles. The maximum Gasteiger partial charge on any atom is 0.264 e. The van der Waals surface area contributed by atoms with E-state index in [4.69, 9.17) is 0 Å². The van der Waals surface area contributed by atoms with Crippen LogP contribution in [0.2, 0.25) is 0 Å². The second kappa shape index (κ2) is 13.2. The Kier molecular flexibility index (Phi) is 10.1. The fraction of sp³-hybridized carbons (Fsp3) is 0.333. The average molecular weight is 536 g/mol. The quantitative estimate of drug-likeness (QED) is 0.360. The monoisotopic (exact) mass is 535 g/mol. The lowest BCUT2D eigenvalue weighted by Gasteiger charge is -2.33. The standard InChI is InChI=1S/C30H37N3O4S/c1-5-20-31-30(35)28(6-2)32(21-25-13-11-10-12-24(25)4)29(34)22-33(26-14-8-7-9-15-26)38(36,37)27-18-16-23(3)17-19-27/h7-19,28H,5-6,20-22H2,1-4H3,(H,31,35)/t28-/m1/s1. The minimum atomic E-state index is -4.06. The number of sulfonamides is 1. The molecule has 3 rings (SSSR count). The van der Waals surface area contributed by atoms with Crippen LogP contribution in [0.3, 0.4) is 0 Å². The maximum absolute atomic E-state index is 14.0. The molecular formula is C30H37N3O4S. The van der Waals surface area contributed by atoms with Crippen LogP contribution in [0.15, 0.2) is 83.8 Å². The third kappa shape index (κ3) is 7.01. The fourth-order valence-corrected chi connectivity index (χ4v) is 5.63. The summed E-state index contributed by atoms with van der Waals surface area (Å²) in [5.41, 5.74) is 3.19. The van der Waals surface area contributed by atoms with Crippen LogP contribution >= 0.6 is 0 Å². The third-order valence-electron chi connectivity index (χ3n) is 6.47. The largest absolute Gasteiger partial charge is 0.354 e. The number of amides is 2. The molecule has 7 nitrogen and oxygen atoms in total. The van der Waals surface area contributed by atoms with Crippen molar-refractivity contribution in [3.63, 3.8) is 0 Å². The Hall–Kier alpha value is -3.65. The van der Waals surface area contributed by atoms with E-state index in [1.807, 2.05) is 52.0 Å². The molecule has 0 aromatic heterocycles. The van der Waals surface area contributed by atoms with Crippen molar-refractivity contribution in [3.05, 3.63) is 95.6 Å². The van der Waals surface area contributed by atoms with E-state index in [0.29, 0.717) is 18.7 Å². The van der Waals surface area contributed by atoms with E-state index in [2.05, 4.69) is 5.32 Å². The second-order valence-corrected chi connectivity index (χ2v) is 11.2. The van der Waals surface area contributed by atoms with Gasteiger partial charge in [0.05, 0.1) is 10.6 Å². The number of carbonyl (C=O) groups excluding carboxylic acids is 2. The summed E-state index contributed by atoms with van der Waals surface area (Å²) in [5, 5.41) is 2.90. The summed E-state index contributed by atoms with van der Waals surface area (Å²) in [5.74, 6) is -0.699. The fourth-order valence-electron chi connectivity index (χ4n) is 4.22. The van der Waals surface area contributed by atoms with E-state index in [-0.39, 0.29) is 17.3 Å². The van der Waals surface area contributed by atoms with Gasteiger partial charge < -0.3 is 10.2 Å². The number of nitrogens with one attached hydrogen (secondary N) is 1. The van der Waals surface area contributed by atoms with Crippen molar-refractivity contribution < 1.29 is 18.0 Å². The molecule has 0 fully saturated rings. The first kappa shape index (κ1) is 28.9. The number of benzene rings is 3. The van der Waals surface area contributed by atoms with Crippen molar-refractivity contribution in [2.75, 3.05) is 17.4 Å². The van der Waals surface area contributed by atoms with E-state index in [0.717, 1.165) is 27.4 Å². The lowest BCUT2D eigenvalue weighted by Crippen LogP contribution is -2.52. The first-order valence-electron chi connectivity index (χ1n) is 12.9. The van der Waals surface area contributed by atoms with E-state index in [9.17, 15) is 18.0 Å². The molecule has 0 aliphatic rings. The molecule has 0 spiro atoms. The number of nitrogens with zero attached hydrogens (tertiary/aromatic N) is 2. The molecule has 0 aliphatic carbocycles. The molecule has 1 atom stereocenters. The first-order chi connectivity index (χ1) is 18.2. The molecule has 0 bridgehead atoms. The zero-order valence-corrected chi connectivity index (χ0v) is 23.4. The Morgan fingerprint density at radius 2 is 1.50 bits per heavy atom. The van der Waals surface area contributed by atoms with Gasteiger partial charge in [-0.2, -0.15) is 0 Å². The van der Waals surface area contributed by atoms with Crippen LogP contribution in [-0.4, -0.2) is 44.3 Å². The van der Waals surface area contributed by atoms with Gasteiger partial charge in [0.1, 0.15) is 12.6 Å². The van der Waals surface area contributed by atoms with E-state index < -0.39 is 28.5 Å². The average Bonchev–Trinajstić information content (AvgIpc) is 2.92. The van der Waals surface area contributed by atoms with Crippen molar-refractivity contribution in [3.8, 4) is 0 Å². The molecule has 1 N–H and O–H groups in total.